The Morgan fingerprint density at radius 3 is 2.80 bits per heavy atom. The summed E-state index contributed by atoms with van der Waals surface area (Å²) in [6, 6.07) is 17.7. The topological polar surface area (TPSA) is 63.8 Å². The van der Waals surface area contributed by atoms with Crippen molar-refractivity contribution >= 4 is 22.3 Å². The van der Waals surface area contributed by atoms with E-state index in [0.717, 1.165) is 22.6 Å². The van der Waals surface area contributed by atoms with Gasteiger partial charge in [0.1, 0.15) is 12.4 Å². The van der Waals surface area contributed by atoms with Gasteiger partial charge in [-0.25, -0.2) is 9.78 Å². The summed E-state index contributed by atoms with van der Waals surface area (Å²) in [6.45, 7) is 0.498. The average molecular weight is 350 g/mol. The third kappa shape index (κ3) is 3.12. The first-order valence-corrected chi connectivity index (χ1v) is 8.56. The van der Waals surface area contributed by atoms with Crippen molar-refractivity contribution in [1.82, 2.24) is 9.38 Å². The molecule has 0 atom stereocenters. The molecule has 2 aromatic heterocycles. The fraction of sp³-hybridized carbons (Fsp3) is 0.0526. The summed E-state index contributed by atoms with van der Waals surface area (Å²) < 4.78 is 7.67. The number of nitrogens with zero attached hydrogens (tertiary/aromatic N) is 2. The van der Waals surface area contributed by atoms with Crippen LogP contribution in [-0.4, -0.2) is 20.5 Å². The van der Waals surface area contributed by atoms with Crippen LogP contribution in [0, 0.1) is 0 Å². The molecule has 0 unspecified atom stereocenters. The molecule has 0 aliphatic rings. The molecule has 2 aromatic carbocycles. The minimum Gasteiger partial charge on any atom is -0.489 e. The number of hydrogen-bond donors (Lipinski definition) is 1. The SMILES string of the molecule is O=C(O)c1cn2c(-c3cccc(OCc4ccccc4)c3)csc2n1. The average Bonchev–Trinajstić information content (AvgIpc) is 3.22. The monoisotopic (exact) mass is 350 g/mol. The van der Waals surface area contributed by atoms with Crippen LogP contribution in [0.15, 0.2) is 66.2 Å². The number of rotatable bonds is 5. The second-order valence-electron chi connectivity index (χ2n) is 5.51. The predicted molar refractivity (Wildman–Crippen MR) is 96.2 cm³/mol. The molecule has 0 bridgehead atoms. The van der Waals surface area contributed by atoms with Gasteiger partial charge >= 0.3 is 5.97 Å². The largest absolute Gasteiger partial charge is 0.489 e. The van der Waals surface area contributed by atoms with Gasteiger partial charge < -0.3 is 9.84 Å². The molecule has 2 heterocycles. The van der Waals surface area contributed by atoms with E-state index < -0.39 is 5.97 Å². The Hall–Kier alpha value is -3.12. The zero-order chi connectivity index (χ0) is 17.2. The maximum Gasteiger partial charge on any atom is 0.356 e. The van der Waals surface area contributed by atoms with Crippen LogP contribution in [0.1, 0.15) is 16.1 Å². The molecule has 0 aliphatic heterocycles. The van der Waals surface area contributed by atoms with E-state index in [9.17, 15) is 4.79 Å². The first kappa shape index (κ1) is 15.4. The summed E-state index contributed by atoms with van der Waals surface area (Å²) in [4.78, 5) is 15.9. The minimum atomic E-state index is -1.03. The van der Waals surface area contributed by atoms with Gasteiger partial charge in [0.25, 0.3) is 0 Å². The third-order valence-corrected chi connectivity index (χ3v) is 4.65. The summed E-state index contributed by atoms with van der Waals surface area (Å²) in [5.41, 5.74) is 2.99. The molecule has 0 saturated heterocycles. The van der Waals surface area contributed by atoms with E-state index in [1.807, 2.05) is 60.0 Å². The van der Waals surface area contributed by atoms with Crippen molar-refractivity contribution < 1.29 is 14.6 Å². The maximum absolute atomic E-state index is 11.1. The molecule has 4 aromatic rings. The van der Waals surface area contributed by atoms with E-state index in [4.69, 9.17) is 9.84 Å². The lowest BCUT2D eigenvalue weighted by Gasteiger charge is -2.08. The van der Waals surface area contributed by atoms with Gasteiger partial charge in [0, 0.05) is 17.1 Å². The predicted octanol–water partition coefficient (Wildman–Crippen LogP) is 4.34. The molecular weight excluding hydrogens is 336 g/mol. The zero-order valence-corrected chi connectivity index (χ0v) is 13.9. The Morgan fingerprint density at radius 2 is 2.00 bits per heavy atom. The van der Waals surface area contributed by atoms with E-state index in [2.05, 4.69) is 4.98 Å². The summed E-state index contributed by atoms with van der Waals surface area (Å²) in [5.74, 6) is -0.263. The van der Waals surface area contributed by atoms with Crippen LogP contribution in [0.5, 0.6) is 5.75 Å². The molecule has 0 saturated carbocycles. The molecule has 25 heavy (non-hydrogen) atoms. The molecule has 4 rings (SSSR count). The molecular formula is C19H14N2O3S. The van der Waals surface area contributed by atoms with Crippen LogP contribution in [0.25, 0.3) is 16.2 Å². The number of carboxylic acids is 1. The lowest BCUT2D eigenvalue weighted by atomic mass is 10.1. The van der Waals surface area contributed by atoms with Crippen molar-refractivity contribution in [2.45, 2.75) is 6.61 Å². The number of aromatic nitrogens is 2. The second kappa shape index (κ2) is 6.41. The normalized spacial score (nSPS) is 10.9. The van der Waals surface area contributed by atoms with Gasteiger partial charge in [0.15, 0.2) is 10.7 Å². The van der Waals surface area contributed by atoms with Crippen LogP contribution >= 0.6 is 11.3 Å². The van der Waals surface area contributed by atoms with Crippen LogP contribution in [-0.2, 0) is 6.61 Å². The van der Waals surface area contributed by atoms with Crippen molar-refractivity contribution in [3.05, 3.63) is 77.4 Å². The standard InChI is InChI=1S/C19H14N2O3S/c22-18(23)16-10-21-17(12-25-19(21)20-16)14-7-4-8-15(9-14)24-11-13-5-2-1-3-6-13/h1-10,12H,11H2,(H,22,23). The smallest absolute Gasteiger partial charge is 0.356 e. The summed E-state index contributed by atoms with van der Waals surface area (Å²) in [5, 5.41) is 11.1. The van der Waals surface area contributed by atoms with Crippen LogP contribution in [0.4, 0.5) is 0 Å². The minimum absolute atomic E-state index is 0.0459. The first-order valence-electron chi connectivity index (χ1n) is 7.68. The van der Waals surface area contributed by atoms with Gasteiger partial charge in [-0.1, -0.05) is 42.5 Å². The van der Waals surface area contributed by atoms with E-state index in [1.54, 1.807) is 10.6 Å². The lowest BCUT2D eigenvalue weighted by molar-refractivity contribution is 0.0691. The van der Waals surface area contributed by atoms with Crippen molar-refractivity contribution in [2.75, 3.05) is 0 Å². The van der Waals surface area contributed by atoms with Gasteiger partial charge in [-0.3, -0.25) is 4.40 Å². The van der Waals surface area contributed by atoms with Crippen LogP contribution in [0.3, 0.4) is 0 Å². The Balaban J connectivity index is 1.62. The molecule has 0 radical (unpaired) electrons. The molecule has 6 heteroatoms. The van der Waals surface area contributed by atoms with E-state index in [-0.39, 0.29) is 5.69 Å². The number of thiazole rings is 1. The number of imidazole rings is 1. The highest BCUT2D eigenvalue weighted by molar-refractivity contribution is 7.15. The van der Waals surface area contributed by atoms with Gasteiger partial charge in [-0.2, -0.15) is 0 Å². The van der Waals surface area contributed by atoms with Gasteiger partial charge in [0.05, 0.1) is 5.69 Å². The lowest BCUT2D eigenvalue weighted by Crippen LogP contribution is -1.96. The number of aromatic carboxylic acids is 1. The van der Waals surface area contributed by atoms with Gasteiger partial charge in [-0.05, 0) is 17.7 Å². The van der Waals surface area contributed by atoms with Crippen molar-refractivity contribution in [2.24, 2.45) is 0 Å². The number of fused-ring (bicyclic) bond motifs is 1. The third-order valence-electron chi connectivity index (χ3n) is 3.81. The van der Waals surface area contributed by atoms with Crippen molar-refractivity contribution in [1.29, 1.82) is 0 Å². The zero-order valence-electron chi connectivity index (χ0n) is 13.1. The Bertz CT molecular complexity index is 1040. The quantitative estimate of drug-likeness (QED) is 0.581. The highest BCUT2D eigenvalue weighted by Crippen LogP contribution is 2.29. The van der Waals surface area contributed by atoms with Gasteiger partial charge in [0.2, 0.25) is 0 Å². The Labute approximate surface area is 147 Å². The van der Waals surface area contributed by atoms with E-state index in [1.165, 1.54) is 11.3 Å². The molecule has 0 amide bonds. The van der Waals surface area contributed by atoms with E-state index in [0.29, 0.717) is 11.6 Å². The molecule has 1 N–H and O–H groups in total. The number of hydrogen-bond acceptors (Lipinski definition) is 4. The summed E-state index contributed by atoms with van der Waals surface area (Å²) in [7, 11) is 0. The van der Waals surface area contributed by atoms with Gasteiger partial charge in [-0.15, -0.1) is 11.3 Å². The highest BCUT2D eigenvalue weighted by Gasteiger charge is 2.14. The summed E-state index contributed by atoms with van der Waals surface area (Å²) >= 11 is 1.41. The van der Waals surface area contributed by atoms with Crippen molar-refractivity contribution in [3.63, 3.8) is 0 Å². The Morgan fingerprint density at radius 1 is 1.16 bits per heavy atom. The number of carboxylic acid groups (broad SMARTS) is 1. The summed E-state index contributed by atoms with van der Waals surface area (Å²) in [6.07, 6.45) is 1.54. The fourth-order valence-electron chi connectivity index (χ4n) is 2.58. The van der Waals surface area contributed by atoms with E-state index >= 15 is 0 Å². The fourth-order valence-corrected chi connectivity index (χ4v) is 3.46. The van der Waals surface area contributed by atoms with Crippen LogP contribution in [0.2, 0.25) is 0 Å². The van der Waals surface area contributed by atoms with Crippen LogP contribution < -0.4 is 4.74 Å². The number of benzene rings is 2. The molecule has 124 valence electrons. The molecule has 0 aliphatic carbocycles. The maximum atomic E-state index is 11.1. The Kier molecular flexibility index (Phi) is 3.95. The van der Waals surface area contributed by atoms with Crippen molar-refractivity contribution in [3.8, 4) is 17.0 Å². The second-order valence-corrected chi connectivity index (χ2v) is 6.34. The number of carbonyl (C=O) groups is 1. The number of ether oxygens (including phenoxy) is 1. The first-order chi connectivity index (χ1) is 12.2. The highest BCUT2D eigenvalue weighted by atomic mass is 32.1. The molecule has 0 spiro atoms. The molecule has 5 nitrogen and oxygen atoms in total. The molecule has 0 fully saturated rings.